The fraction of sp³-hybridized carbons (Fsp3) is 0.100. The van der Waals surface area contributed by atoms with Gasteiger partial charge in [-0.2, -0.15) is 0 Å². The number of phenolic OH excluding ortho intramolecular Hbond substituents is 4. The third-order valence-corrected chi connectivity index (χ3v) is 5.37. The second-order valence-electron chi connectivity index (χ2n) is 6.42. The van der Waals surface area contributed by atoms with Gasteiger partial charge < -0.3 is 29.9 Å². The standard InChI is InChI=1S/C20H13ClO6/c21-19-9-3-1-2-4-10(9)20(27-19)11-5-7-13(22)15(24)17(11)26-18-12(20)6-8-14(23)16(18)25/h1-8,19,22-25H. The number of aromatic hydroxyl groups is 4. The first-order valence-corrected chi connectivity index (χ1v) is 8.58. The van der Waals surface area contributed by atoms with E-state index in [-0.39, 0.29) is 23.0 Å². The number of fused-ring (bicyclic) bond motifs is 6. The molecule has 136 valence electrons. The van der Waals surface area contributed by atoms with Crippen LogP contribution in [0.5, 0.6) is 34.5 Å². The van der Waals surface area contributed by atoms with Crippen LogP contribution in [-0.2, 0) is 10.3 Å². The number of halogens is 1. The highest BCUT2D eigenvalue weighted by atomic mass is 35.5. The Morgan fingerprint density at radius 3 is 1.89 bits per heavy atom. The predicted octanol–water partition coefficient (Wildman–Crippen LogP) is 4.17. The molecule has 1 spiro atoms. The maximum absolute atomic E-state index is 10.4. The molecule has 0 bridgehead atoms. The summed E-state index contributed by atoms with van der Waals surface area (Å²) >= 11 is 6.45. The highest BCUT2D eigenvalue weighted by Gasteiger charge is 2.53. The lowest BCUT2D eigenvalue weighted by Crippen LogP contribution is -2.32. The quantitative estimate of drug-likeness (QED) is 0.343. The normalized spacial score (nSPS) is 18.5. The van der Waals surface area contributed by atoms with Crippen LogP contribution in [0.15, 0.2) is 48.5 Å². The van der Waals surface area contributed by atoms with Gasteiger partial charge in [-0.05, 0) is 24.3 Å². The molecule has 1 atom stereocenters. The van der Waals surface area contributed by atoms with Gasteiger partial charge >= 0.3 is 0 Å². The molecule has 5 rings (SSSR count). The van der Waals surface area contributed by atoms with Gasteiger partial charge in [-0.3, -0.25) is 0 Å². The van der Waals surface area contributed by atoms with Crippen molar-refractivity contribution in [2.45, 2.75) is 11.2 Å². The van der Waals surface area contributed by atoms with Crippen LogP contribution in [0.2, 0.25) is 0 Å². The Morgan fingerprint density at radius 2 is 1.30 bits per heavy atom. The second kappa shape index (κ2) is 5.22. The van der Waals surface area contributed by atoms with Crippen LogP contribution in [0.25, 0.3) is 0 Å². The molecule has 0 aromatic heterocycles. The lowest BCUT2D eigenvalue weighted by Gasteiger charge is -2.37. The lowest BCUT2D eigenvalue weighted by molar-refractivity contribution is 0.0103. The smallest absolute Gasteiger partial charge is 0.201 e. The van der Waals surface area contributed by atoms with Crippen molar-refractivity contribution in [3.8, 4) is 34.5 Å². The van der Waals surface area contributed by atoms with E-state index in [1.807, 2.05) is 24.3 Å². The zero-order chi connectivity index (χ0) is 18.9. The summed E-state index contributed by atoms with van der Waals surface area (Å²) in [7, 11) is 0. The van der Waals surface area contributed by atoms with Crippen LogP contribution in [0.1, 0.15) is 27.8 Å². The summed E-state index contributed by atoms with van der Waals surface area (Å²) in [5.74, 6) is -1.94. The average molecular weight is 385 g/mol. The van der Waals surface area contributed by atoms with E-state index in [1.165, 1.54) is 12.1 Å². The summed E-state index contributed by atoms with van der Waals surface area (Å²) in [5, 5.41) is 40.6. The zero-order valence-electron chi connectivity index (χ0n) is 13.7. The molecule has 0 fully saturated rings. The van der Waals surface area contributed by atoms with Crippen molar-refractivity contribution in [3.05, 3.63) is 70.8 Å². The van der Waals surface area contributed by atoms with Gasteiger partial charge in [0.15, 0.2) is 34.2 Å². The van der Waals surface area contributed by atoms with E-state index in [2.05, 4.69) is 0 Å². The van der Waals surface area contributed by atoms with Crippen molar-refractivity contribution in [2.75, 3.05) is 0 Å². The number of phenols is 4. The summed E-state index contributed by atoms with van der Waals surface area (Å²) in [6.45, 7) is 0. The average Bonchev–Trinajstić information content (AvgIpc) is 2.96. The number of alkyl halides is 1. The Labute approximate surface area is 158 Å². The molecule has 2 heterocycles. The third-order valence-electron chi connectivity index (χ3n) is 5.05. The van der Waals surface area contributed by atoms with Crippen molar-refractivity contribution in [2.24, 2.45) is 0 Å². The number of hydrogen-bond acceptors (Lipinski definition) is 6. The van der Waals surface area contributed by atoms with E-state index in [4.69, 9.17) is 21.1 Å². The maximum atomic E-state index is 10.4. The van der Waals surface area contributed by atoms with E-state index < -0.39 is 22.7 Å². The zero-order valence-corrected chi connectivity index (χ0v) is 14.4. The Morgan fingerprint density at radius 1 is 0.741 bits per heavy atom. The van der Waals surface area contributed by atoms with E-state index in [0.29, 0.717) is 16.7 Å². The van der Waals surface area contributed by atoms with Gasteiger partial charge in [0, 0.05) is 22.3 Å². The van der Waals surface area contributed by atoms with Gasteiger partial charge in [-0.15, -0.1) is 0 Å². The molecule has 1 unspecified atom stereocenters. The number of rotatable bonds is 0. The molecule has 4 N–H and O–H groups in total. The van der Waals surface area contributed by atoms with E-state index in [1.54, 1.807) is 12.1 Å². The summed E-state index contributed by atoms with van der Waals surface area (Å²) in [6.07, 6.45) is 0. The van der Waals surface area contributed by atoms with Crippen LogP contribution >= 0.6 is 11.6 Å². The summed E-state index contributed by atoms with van der Waals surface area (Å²) in [6, 6.07) is 13.1. The molecule has 0 saturated heterocycles. The molecule has 0 aliphatic carbocycles. The fourth-order valence-electron chi connectivity index (χ4n) is 3.84. The lowest BCUT2D eigenvalue weighted by atomic mass is 9.77. The largest absolute Gasteiger partial charge is 0.504 e. The molecule has 0 amide bonds. The van der Waals surface area contributed by atoms with Crippen LogP contribution in [0.3, 0.4) is 0 Å². The van der Waals surface area contributed by atoms with Gasteiger partial charge in [0.1, 0.15) is 0 Å². The monoisotopic (exact) mass is 384 g/mol. The molecule has 0 saturated carbocycles. The molecule has 7 heteroatoms. The minimum absolute atomic E-state index is 0.0797. The van der Waals surface area contributed by atoms with Crippen molar-refractivity contribution in [3.63, 3.8) is 0 Å². The Balaban J connectivity index is 1.94. The van der Waals surface area contributed by atoms with Gasteiger partial charge in [0.2, 0.25) is 11.5 Å². The molecular weight excluding hydrogens is 372 g/mol. The number of hydrogen-bond donors (Lipinski definition) is 4. The topological polar surface area (TPSA) is 99.4 Å². The summed E-state index contributed by atoms with van der Waals surface area (Å²) in [4.78, 5) is 0. The number of ether oxygens (including phenoxy) is 2. The first kappa shape index (κ1) is 16.1. The molecule has 2 aliphatic heterocycles. The molecule has 0 radical (unpaired) electrons. The first-order valence-electron chi connectivity index (χ1n) is 8.15. The van der Waals surface area contributed by atoms with E-state index in [9.17, 15) is 20.4 Å². The molecule has 6 nitrogen and oxygen atoms in total. The predicted molar refractivity (Wildman–Crippen MR) is 95.6 cm³/mol. The minimum Gasteiger partial charge on any atom is -0.504 e. The maximum Gasteiger partial charge on any atom is 0.201 e. The van der Waals surface area contributed by atoms with Crippen molar-refractivity contribution < 1.29 is 29.9 Å². The van der Waals surface area contributed by atoms with Crippen LogP contribution in [-0.4, -0.2) is 20.4 Å². The summed E-state index contributed by atoms with van der Waals surface area (Å²) < 4.78 is 11.9. The molecule has 2 aliphatic rings. The highest BCUT2D eigenvalue weighted by molar-refractivity contribution is 6.20. The first-order chi connectivity index (χ1) is 12.9. The van der Waals surface area contributed by atoms with Crippen molar-refractivity contribution in [1.82, 2.24) is 0 Å². The van der Waals surface area contributed by atoms with Crippen LogP contribution in [0, 0.1) is 0 Å². The van der Waals surface area contributed by atoms with Gasteiger partial charge in [-0.25, -0.2) is 0 Å². The van der Waals surface area contributed by atoms with Crippen LogP contribution < -0.4 is 4.74 Å². The Kier molecular flexibility index (Phi) is 3.11. The Bertz CT molecular complexity index is 1050. The highest BCUT2D eigenvalue weighted by Crippen LogP contribution is 2.63. The second-order valence-corrected chi connectivity index (χ2v) is 6.82. The van der Waals surface area contributed by atoms with Gasteiger partial charge in [-0.1, -0.05) is 35.9 Å². The Hall–Kier alpha value is -3.09. The fourth-order valence-corrected chi connectivity index (χ4v) is 4.17. The van der Waals surface area contributed by atoms with Crippen molar-refractivity contribution >= 4 is 11.6 Å². The van der Waals surface area contributed by atoms with Crippen molar-refractivity contribution in [1.29, 1.82) is 0 Å². The van der Waals surface area contributed by atoms with E-state index in [0.717, 1.165) is 5.56 Å². The third kappa shape index (κ3) is 1.88. The molecular formula is C20H13ClO6. The van der Waals surface area contributed by atoms with Crippen LogP contribution in [0.4, 0.5) is 0 Å². The minimum atomic E-state index is -1.29. The van der Waals surface area contributed by atoms with E-state index >= 15 is 0 Å². The number of benzene rings is 3. The van der Waals surface area contributed by atoms with Gasteiger partial charge in [0.05, 0.1) is 0 Å². The summed E-state index contributed by atoms with van der Waals surface area (Å²) in [5.41, 5.74) is 0.218. The molecule has 27 heavy (non-hydrogen) atoms. The molecule has 3 aromatic carbocycles. The van der Waals surface area contributed by atoms with Gasteiger partial charge in [0.25, 0.3) is 0 Å². The SMILES string of the molecule is Oc1ccc2c(c1O)Oc1c(ccc(O)c1O)C21OC(Cl)c2ccccc21. The molecule has 3 aromatic rings.